The SMILES string of the molecule is O=C1C(I)=C(I)C(=O)N1CCO. The van der Waals surface area contributed by atoms with E-state index < -0.39 is 0 Å². The number of imide groups is 1. The van der Waals surface area contributed by atoms with Crippen molar-refractivity contribution in [2.75, 3.05) is 13.2 Å². The Balaban J connectivity index is 2.88. The molecule has 1 rings (SSSR count). The average Bonchev–Trinajstić information content (AvgIpc) is 2.23. The number of carbonyl (C=O) groups is 2. The monoisotopic (exact) mass is 393 g/mol. The molecule has 0 aliphatic carbocycles. The predicted molar refractivity (Wildman–Crippen MR) is 58.9 cm³/mol. The number of β-amino-alcohol motifs (C(OH)–C–C–N with tert-alkyl or cyclic N) is 1. The number of halogens is 2. The third kappa shape index (κ3) is 1.64. The molecule has 6 heteroatoms. The molecule has 0 bridgehead atoms. The Kier molecular flexibility index (Phi) is 3.47. The lowest BCUT2D eigenvalue weighted by Gasteiger charge is -2.11. The van der Waals surface area contributed by atoms with Crippen LogP contribution in [0.1, 0.15) is 0 Å². The number of amides is 2. The maximum absolute atomic E-state index is 11.2. The van der Waals surface area contributed by atoms with Crippen LogP contribution < -0.4 is 0 Å². The Morgan fingerprint density at radius 2 is 1.58 bits per heavy atom. The van der Waals surface area contributed by atoms with Crippen molar-refractivity contribution in [3.8, 4) is 0 Å². The first-order valence-corrected chi connectivity index (χ1v) is 5.27. The molecule has 0 spiro atoms. The van der Waals surface area contributed by atoms with Gasteiger partial charge in [-0.25, -0.2) is 0 Å². The maximum atomic E-state index is 11.2. The minimum atomic E-state index is -0.306. The van der Waals surface area contributed by atoms with E-state index in [-0.39, 0.29) is 25.0 Å². The van der Waals surface area contributed by atoms with Gasteiger partial charge in [-0.3, -0.25) is 14.5 Å². The molecule has 0 aromatic carbocycles. The Morgan fingerprint density at radius 1 is 1.17 bits per heavy atom. The van der Waals surface area contributed by atoms with Crippen LogP contribution in [-0.2, 0) is 9.59 Å². The summed E-state index contributed by atoms with van der Waals surface area (Å²) in [6.45, 7) is -0.109. The van der Waals surface area contributed by atoms with Gasteiger partial charge >= 0.3 is 0 Å². The first-order chi connectivity index (χ1) is 5.59. The average molecular weight is 393 g/mol. The van der Waals surface area contributed by atoms with E-state index in [4.69, 9.17) is 5.11 Å². The topological polar surface area (TPSA) is 57.6 Å². The zero-order chi connectivity index (χ0) is 9.30. The van der Waals surface area contributed by atoms with Crippen molar-refractivity contribution in [2.24, 2.45) is 0 Å². The smallest absolute Gasteiger partial charge is 0.268 e. The van der Waals surface area contributed by atoms with E-state index in [1.165, 1.54) is 0 Å². The van der Waals surface area contributed by atoms with Crippen LogP contribution in [0.3, 0.4) is 0 Å². The molecule has 0 aromatic rings. The number of hydrogen-bond acceptors (Lipinski definition) is 3. The van der Waals surface area contributed by atoms with Crippen molar-refractivity contribution in [1.29, 1.82) is 0 Å². The van der Waals surface area contributed by atoms with Crippen molar-refractivity contribution >= 4 is 57.0 Å². The van der Waals surface area contributed by atoms with Gasteiger partial charge in [-0.15, -0.1) is 0 Å². The first-order valence-electron chi connectivity index (χ1n) is 3.12. The summed E-state index contributed by atoms with van der Waals surface area (Å²) in [5.41, 5.74) is 0. The number of carbonyl (C=O) groups excluding carboxylic acids is 2. The van der Waals surface area contributed by atoms with E-state index in [1.807, 2.05) is 45.2 Å². The van der Waals surface area contributed by atoms with Crippen LogP contribution in [0.5, 0.6) is 0 Å². The van der Waals surface area contributed by atoms with E-state index in [0.29, 0.717) is 7.16 Å². The van der Waals surface area contributed by atoms with Gasteiger partial charge in [0.2, 0.25) is 0 Å². The van der Waals surface area contributed by atoms with Gasteiger partial charge in [0.25, 0.3) is 11.8 Å². The zero-order valence-corrected chi connectivity index (χ0v) is 10.2. The maximum Gasteiger partial charge on any atom is 0.268 e. The fourth-order valence-corrected chi connectivity index (χ4v) is 1.86. The summed E-state index contributed by atoms with van der Waals surface area (Å²) in [6.07, 6.45) is 0. The molecular formula is C6H5I2NO3. The van der Waals surface area contributed by atoms with Crippen LogP contribution in [0.15, 0.2) is 7.16 Å². The normalized spacial score (nSPS) is 18.1. The molecule has 0 atom stereocenters. The van der Waals surface area contributed by atoms with Gasteiger partial charge in [0, 0.05) is 0 Å². The van der Waals surface area contributed by atoms with Gasteiger partial charge in [-0.2, -0.15) is 0 Å². The van der Waals surface area contributed by atoms with E-state index >= 15 is 0 Å². The summed E-state index contributed by atoms with van der Waals surface area (Å²) in [7, 11) is 0. The van der Waals surface area contributed by atoms with Crippen molar-refractivity contribution in [2.45, 2.75) is 0 Å². The molecule has 0 saturated heterocycles. The fourth-order valence-electron chi connectivity index (χ4n) is 0.820. The van der Waals surface area contributed by atoms with Gasteiger partial charge in [0.1, 0.15) is 0 Å². The Morgan fingerprint density at radius 3 is 1.92 bits per heavy atom. The summed E-state index contributed by atoms with van der Waals surface area (Å²) < 4.78 is 0.873. The Hall–Kier alpha value is 0.300. The van der Waals surface area contributed by atoms with E-state index in [0.717, 1.165) is 4.90 Å². The van der Waals surface area contributed by atoms with Crippen LogP contribution in [0.4, 0.5) is 0 Å². The van der Waals surface area contributed by atoms with Crippen molar-refractivity contribution in [1.82, 2.24) is 4.90 Å². The molecule has 1 N–H and O–H groups in total. The standard InChI is InChI=1S/C6H5I2NO3/c7-3-4(8)6(12)9(1-2-10)5(3)11/h10H,1-2H2. The molecule has 66 valence electrons. The predicted octanol–water partition coefficient (Wildman–Crippen LogP) is 0.429. The van der Waals surface area contributed by atoms with Gasteiger partial charge in [0.05, 0.1) is 20.3 Å². The second kappa shape index (κ2) is 4.01. The van der Waals surface area contributed by atoms with E-state index in [9.17, 15) is 9.59 Å². The number of aliphatic hydroxyl groups excluding tert-OH is 1. The molecule has 2 amide bonds. The molecule has 4 nitrogen and oxygen atoms in total. The molecular weight excluding hydrogens is 388 g/mol. The zero-order valence-electron chi connectivity index (χ0n) is 5.88. The summed E-state index contributed by atoms with van der Waals surface area (Å²) in [5.74, 6) is -0.613. The number of hydrogen-bond donors (Lipinski definition) is 1. The lowest BCUT2D eigenvalue weighted by Crippen LogP contribution is -2.33. The van der Waals surface area contributed by atoms with Crippen LogP contribution in [0.2, 0.25) is 0 Å². The number of aliphatic hydroxyl groups is 1. The first kappa shape index (κ1) is 10.4. The summed E-state index contributed by atoms with van der Waals surface area (Å²) in [6, 6.07) is 0. The van der Waals surface area contributed by atoms with Crippen LogP contribution in [0, 0.1) is 0 Å². The number of rotatable bonds is 2. The third-order valence-electron chi connectivity index (χ3n) is 1.38. The van der Waals surface area contributed by atoms with Gasteiger partial charge < -0.3 is 5.11 Å². The van der Waals surface area contributed by atoms with Gasteiger partial charge in [0.15, 0.2) is 0 Å². The molecule has 1 heterocycles. The highest BCUT2D eigenvalue weighted by atomic mass is 127. The van der Waals surface area contributed by atoms with Gasteiger partial charge in [-0.1, -0.05) is 0 Å². The summed E-state index contributed by atoms with van der Waals surface area (Å²) in [4.78, 5) is 23.5. The Labute approximate surface area is 96.3 Å². The lowest BCUT2D eigenvalue weighted by molar-refractivity contribution is -0.137. The largest absolute Gasteiger partial charge is 0.395 e. The van der Waals surface area contributed by atoms with Crippen LogP contribution in [0.25, 0.3) is 0 Å². The minimum Gasteiger partial charge on any atom is -0.395 e. The number of nitrogens with zero attached hydrogens (tertiary/aromatic N) is 1. The molecule has 0 unspecified atom stereocenters. The van der Waals surface area contributed by atoms with E-state index in [1.54, 1.807) is 0 Å². The second-order valence-electron chi connectivity index (χ2n) is 2.11. The van der Waals surface area contributed by atoms with Crippen molar-refractivity contribution < 1.29 is 14.7 Å². The van der Waals surface area contributed by atoms with Gasteiger partial charge in [-0.05, 0) is 45.2 Å². The molecule has 0 fully saturated rings. The minimum absolute atomic E-state index is 0.0800. The molecule has 1 aliphatic rings. The fraction of sp³-hybridized carbons (Fsp3) is 0.333. The molecule has 0 saturated carbocycles. The Bertz CT molecular complexity index is 250. The molecule has 1 aliphatic heterocycles. The third-order valence-corrected chi connectivity index (χ3v) is 4.42. The highest BCUT2D eigenvalue weighted by Gasteiger charge is 2.34. The second-order valence-corrected chi connectivity index (χ2v) is 4.27. The quantitative estimate of drug-likeness (QED) is 0.547. The van der Waals surface area contributed by atoms with Crippen molar-refractivity contribution in [3.63, 3.8) is 0 Å². The highest BCUT2D eigenvalue weighted by molar-refractivity contribution is 14.1. The van der Waals surface area contributed by atoms with E-state index in [2.05, 4.69) is 0 Å². The lowest BCUT2D eigenvalue weighted by atomic mass is 10.5. The molecule has 0 radical (unpaired) electrons. The summed E-state index contributed by atoms with van der Waals surface area (Å²) in [5, 5.41) is 8.57. The van der Waals surface area contributed by atoms with Crippen LogP contribution >= 0.6 is 45.2 Å². The molecule has 0 aromatic heterocycles. The van der Waals surface area contributed by atoms with Crippen molar-refractivity contribution in [3.05, 3.63) is 7.16 Å². The highest BCUT2D eigenvalue weighted by Crippen LogP contribution is 2.29. The molecule has 12 heavy (non-hydrogen) atoms. The summed E-state index contributed by atoms with van der Waals surface area (Å²) >= 11 is 3.67. The van der Waals surface area contributed by atoms with Crippen LogP contribution in [-0.4, -0.2) is 35.0 Å².